The normalized spacial score (nSPS) is 20.3. The molecule has 1 unspecified atom stereocenters. The van der Waals surface area contributed by atoms with Crippen LogP contribution in [0.2, 0.25) is 0 Å². The molecule has 1 aromatic heterocycles. The minimum atomic E-state index is -0.109. The second-order valence-electron chi connectivity index (χ2n) is 8.25. The van der Waals surface area contributed by atoms with Crippen LogP contribution in [0.4, 0.5) is 0 Å². The maximum absolute atomic E-state index is 12.5. The number of likely N-dealkylation sites (tertiary alicyclic amines) is 1. The van der Waals surface area contributed by atoms with E-state index in [0.29, 0.717) is 5.69 Å². The van der Waals surface area contributed by atoms with Crippen molar-refractivity contribution in [1.29, 1.82) is 0 Å². The Kier molecular flexibility index (Phi) is 6.52. The van der Waals surface area contributed by atoms with Gasteiger partial charge >= 0.3 is 0 Å². The van der Waals surface area contributed by atoms with Crippen molar-refractivity contribution in [2.75, 3.05) is 27.3 Å². The van der Waals surface area contributed by atoms with Gasteiger partial charge in [-0.1, -0.05) is 18.1 Å². The van der Waals surface area contributed by atoms with Gasteiger partial charge in [-0.25, -0.2) is 4.68 Å². The lowest BCUT2D eigenvalue weighted by Crippen LogP contribution is -2.36. The third kappa shape index (κ3) is 4.75. The van der Waals surface area contributed by atoms with E-state index in [1.54, 1.807) is 20.4 Å². The van der Waals surface area contributed by atoms with Gasteiger partial charge in [0, 0.05) is 24.7 Å². The Balaban J connectivity index is 1.39. The first-order valence-corrected chi connectivity index (χ1v) is 10.8. The highest BCUT2D eigenvalue weighted by Crippen LogP contribution is 2.28. The number of piperidine rings is 1. The molecule has 1 saturated heterocycles. The van der Waals surface area contributed by atoms with Crippen LogP contribution >= 0.6 is 0 Å². The molecule has 1 N–H and O–H groups in total. The van der Waals surface area contributed by atoms with Crippen LogP contribution in [0.1, 0.15) is 60.6 Å². The summed E-state index contributed by atoms with van der Waals surface area (Å²) in [6.45, 7) is 2.65. The molecular formula is C22H31N5O3. The Hall–Kier alpha value is -2.61. The number of carbonyl (C=O) groups is 1. The van der Waals surface area contributed by atoms with Crippen molar-refractivity contribution in [3.63, 3.8) is 0 Å². The van der Waals surface area contributed by atoms with Crippen LogP contribution in [0, 0.1) is 0 Å². The molecule has 2 aromatic rings. The number of methoxy groups -OCH3 is 2. The first-order valence-electron chi connectivity index (χ1n) is 10.8. The number of ether oxygens (including phenoxy) is 2. The molecule has 2 heterocycles. The minimum absolute atomic E-state index is 0.109. The van der Waals surface area contributed by atoms with E-state index in [-0.39, 0.29) is 18.0 Å². The van der Waals surface area contributed by atoms with Crippen LogP contribution in [0.25, 0.3) is 0 Å². The number of hydrogen-bond donors (Lipinski definition) is 1. The van der Waals surface area contributed by atoms with Gasteiger partial charge in [0.1, 0.15) is 11.5 Å². The number of amides is 1. The number of nitrogens with zero attached hydrogens (tertiary/aromatic N) is 4. The molecule has 0 spiro atoms. The first kappa shape index (κ1) is 20.7. The van der Waals surface area contributed by atoms with Crippen LogP contribution in [0.3, 0.4) is 0 Å². The SMILES string of the molecule is COc1ccc(OC)c(CN2CCCC(n3cc(C(=O)NC4CCCC4)nn3)C2)c1. The summed E-state index contributed by atoms with van der Waals surface area (Å²) in [5.41, 5.74) is 1.52. The Labute approximate surface area is 177 Å². The van der Waals surface area contributed by atoms with E-state index in [1.165, 1.54) is 12.8 Å². The summed E-state index contributed by atoms with van der Waals surface area (Å²) in [5, 5.41) is 11.5. The highest BCUT2D eigenvalue weighted by Gasteiger charge is 2.25. The van der Waals surface area contributed by atoms with Crippen molar-refractivity contribution >= 4 is 5.91 Å². The van der Waals surface area contributed by atoms with Crippen molar-refractivity contribution < 1.29 is 14.3 Å². The number of benzene rings is 1. The average Bonchev–Trinajstić information content (AvgIpc) is 3.46. The molecule has 0 radical (unpaired) electrons. The maximum Gasteiger partial charge on any atom is 0.273 e. The monoisotopic (exact) mass is 413 g/mol. The van der Waals surface area contributed by atoms with Crippen LogP contribution in [-0.2, 0) is 6.54 Å². The largest absolute Gasteiger partial charge is 0.497 e. The van der Waals surface area contributed by atoms with Gasteiger partial charge in [0.05, 0.1) is 26.5 Å². The summed E-state index contributed by atoms with van der Waals surface area (Å²) < 4.78 is 12.8. The minimum Gasteiger partial charge on any atom is -0.497 e. The fourth-order valence-corrected chi connectivity index (χ4v) is 4.53. The van der Waals surface area contributed by atoms with Gasteiger partial charge in [-0.15, -0.1) is 5.10 Å². The van der Waals surface area contributed by atoms with E-state index in [0.717, 1.165) is 62.4 Å². The van der Waals surface area contributed by atoms with Crippen LogP contribution in [0.15, 0.2) is 24.4 Å². The summed E-state index contributed by atoms with van der Waals surface area (Å²) in [5.74, 6) is 1.58. The number of rotatable bonds is 7. The second kappa shape index (κ2) is 9.47. The van der Waals surface area contributed by atoms with E-state index in [1.807, 2.05) is 22.9 Å². The molecule has 8 heteroatoms. The lowest BCUT2D eigenvalue weighted by atomic mass is 10.0. The van der Waals surface area contributed by atoms with E-state index in [9.17, 15) is 4.79 Å². The zero-order valence-electron chi connectivity index (χ0n) is 17.8. The van der Waals surface area contributed by atoms with Crippen LogP contribution in [0.5, 0.6) is 11.5 Å². The Morgan fingerprint density at radius 2 is 2.00 bits per heavy atom. The van der Waals surface area contributed by atoms with Gasteiger partial charge in [0.2, 0.25) is 0 Å². The van der Waals surface area contributed by atoms with Gasteiger partial charge in [0.15, 0.2) is 5.69 Å². The predicted molar refractivity (Wildman–Crippen MR) is 113 cm³/mol. The standard InChI is InChI=1S/C22H31N5O3/c1-29-19-9-10-21(30-2)16(12-19)13-26-11-5-8-18(14-26)27-15-20(24-25-27)22(28)23-17-6-3-4-7-17/h9-10,12,15,17-18H,3-8,11,13-14H2,1-2H3,(H,23,28). The van der Waals surface area contributed by atoms with E-state index in [2.05, 4.69) is 20.5 Å². The average molecular weight is 414 g/mol. The van der Waals surface area contributed by atoms with Crippen molar-refractivity contribution in [2.24, 2.45) is 0 Å². The van der Waals surface area contributed by atoms with Gasteiger partial charge in [-0.3, -0.25) is 9.69 Å². The van der Waals surface area contributed by atoms with E-state index < -0.39 is 0 Å². The molecule has 1 aliphatic heterocycles. The molecule has 1 aliphatic carbocycles. The van der Waals surface area contributed by atoms with Crippen molar-refractivity contribution in [3.05, 3.63) is 35.7 Å². The highest BCUT2D eigenvalue weighted by molar-refractivity contribution is 5.92. The summed E-state index contributed by atoms with van der Waals surface area (Å²) in [6, 6.07) is 6.38. The van der Waals surface area contributed by atoms with Gasteiger partial charge < -0.3 is 14.8 Å². The molecule has 1 atom stereocenters. The topological polar surface area (TPSA) is 81.5 Å². The molecule has 1 amide bonds. The molecular weight excluding hydrogens is 382 g/mol. The zero-order valence-corrected chi connectivity index (χ0v) is 17.8. The first-order chi connectivity index (χ1) is 14.7. The molecule has 1 aromatic carbocycles. The van der Waals surface area contributed by atoms with Crippen molar-refractivity contribution in [1.82, 2.24) is 25.2 Å². The lowest BCUT2D eigenvalue weighted by molar-refractivity contribution is 0.0932. The molecule has 1 saturated carbocycles. The molecule has 162 valence electrons. The number of hydrogen-bond acceptors (Lipinski definition) is 6. The molecule has 2 fully saturated rings. The molecule has 0 bridgehead atoms. The zero-order chi connectivity index (χ0) is 20.9. The number of carbonyl (C=O) groups excluding carboxylic acids is 1. The van der Waals surface area contributed by atoms with Crippen molar-refractivity contribution in [2.45, 2.75) is 57.2 Å². The van der Waals surface area contributed by atoms with Gasteiger partial charge in [0.25, 0.3) is 5.91 Å². The smallest absolute Gasteiger partial charge is 0.273 e. The predicted octanol–water partition coefficient (Wildman–Crippen LogP) is 2.80. The third-order valence-electron chi connectivity index (χ3n) is 6.17. The van der Waals surface area contributed by atoms with E-state index in [4.69, 9.17) is 9.47 Å². The van der Waals surface area contributed by atoms with Gasteiger partial charge in [-0.05, 0) is 50.4 Å². The third-order valence-corrected chi connectivity index (χ3v) is 6.17. The Morgan fingerprint density at radius 1 is 1.17 bits per heavy atom. The molecule has 4 rings (SSSR count). The summed E-state index contributed by atoms with van der Waals surface area (Å²) >= 11 is 0. The fraction of sp³-hybridized carbons (Fsp3) is 0.591. The van der Waals surface area contributed by atoms with Gasteiger partial charge in [-0.2, -0.15) is 0 Å². The molecule has 30 heavy (non-hydrogen) atoms. The fourth-order valence-electron chi connectivity index (χ4n) is 4.53. The summed E-state index contributed by atoms with van der Waals surface area (Å²) in [7, 11) is 3.37. The lowest BCUT2D eigenvalue weighted by Gasteiger charge is -2.32. The maximum atomic E-state index is 12.5. The summed E-state index contributed by atoms with van der Waals surface area (Å²) in [4.78, 5) is 14.9. The highest BCUT2D eigenvalue weighted by atomic mass is 16.5. The quantitative estimate of drug-likeness (QED) is 0.752. The Morgan fingerprint density at radius 3 is 2.77 bits per heavy atom. The van der Waals surface area contributed by atoms with Crippen molar-refractivity contribution in [3.8, 4) is 11.5 Å². The number of aromatic nitrogens is 3. The van der Waals surface area contributed by atoms with Crippen LogP contribution < -0.4 is 14.8 Å². The van der Waals surface area contributed by atoms with Crippen LogP contribution in [-0.4, -0.2) is 59.2 Å². The Bertz CT molecular complexity index is 862. The second-order valence-corrected chi connectivity index (χ2v) is 8.25. The number of nitrogens with one attached hydrogen (secondary N) is 1. The summed E-state index contributed by atoms with van der Waals surface area (Å²) in [6.07, 6.45) is 8.39. The molecule has 2 aliphatic rings. The molecule has 8 nitrogen and oxygen atoms in total. The van der Waals surface area contributed by atoms with E-state index >= 15 is 0 Å².